The number of H-pyrrole nitrogens is 1. The van der Waals surface area contributed by atoms with E-state index < -0.39 is 0 Å². The van der Waals surface area contributed by atoms with Crippen molar-refractivity contribution in [3.63, 3.8) is 0 Å². The third kappa shape index (κ3) is 2.94. The summed E-state index contributed by atoms with van der Waals surface area (Å²) in [7, 11) is 4.74. The molecule has 142 valence electrons. The first-order chi connectivity index (χ1) is 13.6. The van der Waals surface area contributed by atoms with E-state index in [2.05, 4.69) is 15.1 Å². The predicted molar refractivity (Wildman–Crippen MR) is 107 cm³/mol. The Hall–Kier alpha value is -3.81. The molecule has 0 radical (unpaired) electrons. The smallest absolute Gasteiger partial charge is 0.298 e. The van der Waals surface area contributed by atoms with Crippen molar-refractivity contribution in [3.05, 3.63) is 58.6 Å². The second-order valence-corrected chi connectivity index (χ2v) is 6.01. The average molecular weight is 378 g/mol. The maximum Gasteiger partial charge on any atom is 0.298 e. The molecule has 1 N–H and O–H groups in total. The van der Waals surface area contributed by atoms with Gasteiger partial charge in [0.1, 0.15) is 34.6 Å². The van der Waals surface area contributed by atoms with Crippen LogP contribution in [0.3, 0.4) is 0 Å². The zero-order valence-electron chi connectivity index (χ0n) is 15.6. The number of aromatic nitrogens is 3. The van der Waals surface area contributed by atoms with Gasteiger partial charge in [-0.15, -0.1) is 0 Å². The summed E-state index contributed by atoms with van der Waals surface area (Å²) in [5.74, 6) is 1.95. The van der Waals surface area contributed by atoms with Crippen LogP contribution in [0.1, 0.15) is 5.56 Å². The second-order valence-electron chi connectivity index (χ2n) is 6.01. The predicted octanol–water partition coefficient (Wildman–Crippen LogP) is 2.79. The first kappa shape index (κ1) is 17.6. The number of benzene rings is 2. The number of nitrogens with one attached hydrogen (secondary N) is 1. The van der Waals surface area contributed by atoms with Crippen molar-refractivity contribution in [3.8, 4) is 17.2 Å². The van der Waals surface area contributed by atoms with E-state index in [-0.39, 0.29) is 5.56 Å². The van der Waals surface area contributed by atoms with Gasteiger partial charge in [0, 0.05) is 23.1 Å². The van der Waals surface area contributed by atoms with Gasteiger partial charge in [0.15, 0.2) is 0 Å². The molecule has 8 heteroatoms. The van der Waals surface area contributed by atoms with Crippen LogP contribution in [0.4, 0.5) is 0 Å². The number of fused-ring (bicyclic) bond motifs is 3. The molecule has 0 fully saturated rings. The fourth-order valence-corrected chi connectivity index (χ4v) is 2.99. The molecule has 8 nitrogen and oxygen atoms in total. The van der Waals surface area contributed by atoms with Crippen LogP contribution in [0.5, 0.6) is 17.2 Å². The highest BCUT2D eigenvalue weighted by atomic mass is 16.5. The molecule has 0 atom stereocenters. The van der Waals surface area contributed by atoms with Crippen LogP contribution >= 0.6 is 0 Å². The molecular weight excluding hydrogens is 360 g/mol. The van der Waals surface area contributed by atoms with E-state index in [4.69, 9.17) is 14.2 Å². The third-order valence-corrected chi connectivity index (χ3v) is 4.46. The molecule has 0 spiro atoms. The molecule has 0 bridgehead atoms. The van der Waals surface area contributed by atoms with Crippen LogP contribution in [0.2, 0.25) is 0 Å². The number of nitrogens with zero attached hydrogens (tertiary/aromatic N) is 3. The topological polar surface area (TPSA) is 90.7 Å². The van der Waals surface area contributed by atoms with E-state index in [1.54, 1.807) is 45.7 Å². The van der Waals surface area contributed by atoms with Crippen LogP contribution in [-0.2, 0) is 0 Å². The van der Waals surface area contributed by atoms with Gasteiger partial charge in [0.2, 0.25) is 0 Å². The highest BCUT2D eigenvalue weighted by molar-refractivity contribution is 6.04. The monoisotopic (exact) mass is 378 g/mol. The van der Waals surface area contributed by atoms with Crippen molar-refractivity contribution in [2.75, 3.05) is 21.3 Å². The Balaban J connectivity index is 1.77. The van der Waals surface area contributed by atoms with E-state index in [1.165, 1.54) is 11.0 Å². The Kier molecular flexibility index (Phi) is 4.44. The summed E-state index contributed by atoms with van der Waals surface area (Å²) in [4.78, 5) is 20.3. The van der Waals surface area contributed by atoms with E-state index in [9.17, 15) is 4.79 Å². The van der Waals surface area contributed by atoms with E-state index >= 15 is 0 Å². The van der Waals surface area contributed by atoms with Crippen LogP contribution in [0, 0.1) is 0 Å². The Morgan fingerprint density at radius 2 is 1.79 bits per heavy atom. The SMILES string of the molecule is COc1ccc(C=Nn2cnc3c([nH]c4cc(OC)ccc43)c2=O)c(OC)c1. The molecule has 0 aliphatic rings. The highest BCUT2D eigenvalue weighted by Crippen LogP contribution is 2.25. The minimum Gasteiger partial charge on any atom is -0.497 e. The molecule has 0 unspecified atom stereocenters. The molecule has 0 aliphatic carbocycles. The lowest BCUT2D eigenvalue weighted by Crippen LogP contribution is -2.17. The fourth-order valence-electron chi connectivity index (χ4n) is 2.99. The minimum atomic E-state index is -0.302. The summed E-state index contributed by atoms with van der Waals surface area (Å²) in [6.45, 7) is 0. The fraction of sp³-hybridized carbons (Fsp3) is 0.150. The van der Waals surface area contributed by atoms with Gasteiger partial charge < -0.3 is 19.2 Å². The van der Waals surface area contributed by atoms with Gasteiger partial charge in [-0.05, 0) is 24.3 Å². The molecule has 2 heterocycles. The first-order valence-corrected chi connectivity index (χ1v) is 8.48. The second kappa shape index (κ2) is 7.07. The number of methoxy groups -OCH3 is 3. The van der Waals surface area contributed by atoms with Crippen LogP contribution in [-0.4, -0.2) is 42.2 Å². The van der Waals surface area contributed by atoms with Gasteiger partial charge >= 0.3 is 0 Å². The molecule has 2 aromatic heterocycles. The Bertz CT molecular complexity index is 1260. The van der Waals surface area contributed by atoms with Gasteiger partial charge in [0.05, 0.1) is 33.1 Å². The summed E-state index contributed by atoms with van der Waals surface area (Å²) in [6.07, 6.45) is 2.94. The van der Waals surface area contributed by atoms with Gasteiger partial charge in [0.25, 0.3) is 5.56 Å². The summed E-state index contributed by atoms with van der Waals surface area (Å²) in [6, 6.07) is 10.9. The molecule has 4 rings (SSSR count). The summed E-state index contributed by atoms with van der Waals surface area (Å²) < 4.78 is 16.9. The van der Waals surface area contributed by atoms with Crippen molar-refractivity contribution in [1.82, 2.24) is 14.6 Å². The highest BCUT2D eigenvalue weighted by Gasteiger charge is 2.11. The van der Waals surface area contributed by atoms with Gasteiger partial charge in [-0.2, -0.15) is 9.78 Å². The lowest BCUT2D eigenvalue weighted by Gasteiger charge is -2.06. The van der Waals surface area contributed by atoms with E-state index in [1.807, 2.05) is 18.2 Å². The Morgan fingerprint density at radius 3 is 2.54 bits per heavy atom. The average Bonchev–Trinajstić information content (AvgIpc) is 3.11. The maximum absolute atomic E-state index is 12.8. The number of hydrogen-bond acceptors (Lipinski definition) is 6. The Morgan fingerprint density at radius 1 is 1.04 bits per heavy atom. The van der Waals surface area contributed by atoms with Crippen molar-refractivity contribution < 1.29 is 14.2 Å². The zero-order valence-corrected chi connectivity index (χ0v) is 15.6. The molecule has 2 aromatic carbocycles. The van der Waals surface area contributed by atoms with Gasteiger partial charge in [-0.3, -0.25) is 4.79 Å². The maximum atomic E-state index is 12.8. The number of hydrogen-bond donors (Lipinski definition) is 1. The summed E-state index contributed by atoms with van der Waals surface area (Å²) in [5, 5.41) is 5.09. The lowest BCUT2D eigenvalue weighted by atomic mass is 10.2. The number of aromatic amines is 1. The van der Waals surface area contributed by atoms with E-state index in [0.29, 0.717) is 33.8 Å². The van der Waals surface area contributed by atoms with Crippen molar-refractivity contribution in [1.29, 1.82) is 0 Å². The standard InChI is InChI=1S/C20H18N4O4/c1-26-13-6-7-15-16(8-13)23-19-18(15)21-11-24(20(19)25)22-10-12-4-5-14(27-2)9-17(12)28-3/h4-11,23H,1-3H3. The van der Waals surface area contributed by atoms with E-state index in [0.717, 1.165) is 10.9 Å². The zero-order chi connectivity index (χ0) is 19.7. The quantitative estimate of drug-likeness (QED) is 0.539. The van der Waals surface area contributed by atoms with Crippen LogP contribution in [0.15, 0.2) is 52.6 Å². The molecular formula is C20H18N4O4. The molecule has 0 saturated heterocycles. The van der Waals surface area contributed by atoms with Crippen molar-refractivity contribution in [2.24, 2.45) is 5.10 Å². The number of ether oxygens (including phenoxy) is 3. The number of rotatable bonds is 5. The first-order valence-electron chi connectivity index (χ1n) is 8.48. The molecule has 4 aromatic rings. The largest absolute Gasteiger partial charge is 0.497 e. The van der Waals surface area contributed by atoms with Crippen LogP contribution < -0.4 is 19.8 Å². The molecule has 28 heavy (non-hydrogen) atoms. The summed E-state index contributed by atoms with van der Waals surface area (Å²) in [5.41, 5.74) is 2.15. The molecule has 0 saturated carbocycles. The normalized spacial score (nSPS) is 11.4. The Labute approximate surface area is 160 Å². The molecule has 0 aliphatic heterocycles. The van der Waals surface area contributed by atoms with Crippen LogP contribution in [0.25, 0.3) is 21.9 Å². The minimum absolute atomic E-state index is 0.302. The third-order valence-electron chi connectivity index (χ3n) is 4.46. The van der Waals surface area contributed by atoms with Crippen molar-refractivity contribution >= 4 is 28.2 Å². The summed E-state index contributed by atoms with van der Waals surface area (Å²) >= 11 is 0. The van der Waals surface area contributed by atoms with Gasteiger partial charge in [-0.1, -0.05) is 0 Å². The van der Waals surface area contributed by atoms with Gasteiger partial charge in [-0.25, -0.2) is 4.98 Å². The lowest BCUT2D eigenvalue weighted by molar-refractivity contribution is 0.394. The molecule has 0 amide bonds. The van der Waals surface area contributed by atoms with Crippen molar-refractivity contribution in [2.45, 2.75) is 0 Å².